The van der Waals surface area contributed by atoms with Crippen molar-refractivity contribution in [3.8, 4) is 0 Å². The normalized spacial score (nSPS) is 33.0. The van der Waals surface area contributed by atoms with E-state index >= 15 is 0 Å². The van der Waals surface area contributed by atoms with Crippen molar-refractivity contribution in [2.45, 2.75) is 56.7 Å². The number of aromatic amines is 1. The SMILES string of the molecule is CC1(C)CN(C(=O)C2CCCc3n[nH]nc32)CC2(CCOC2)O1. The van der Waals surface area contributed by atoms with Crippen LogP contribution in [0.25, 0.3) is 0 Å². The third-order valence-corrected chi connectivity index (χ3v) is 5.11. The van der Waals surface area contributed by atoms with E-state index in [0.717, 1.165) is 37.1 Å². The zero-order chi connectivity index (χ0) is 16.1. The van der Waals surface area contributed by atoms with Gasteiger partial charge in [0.15, 0.2) is 0 Å². The maximum Gasteiger partial charge on any atom is 0.232 e. The van der Waals surface area contributed by atoms with Gasteiger partial charge in [-0.15, -0.1) is 0 Å². The highest BCUT2D eigenvalue weighted by molar-refractivity contribution is 5.84. The van der Waals surface area contributed by atoms with Crippen molar-refractivity contribution in [2.24, 2.45) is 0 Å². The van der Waals surface area contributed by atoms with Gasteiger partial charge in [0.1, 0.15) is 5.60 Å². The molecule has 1 aromatic heterocycles. The lowest BCUT2D eigenvalue weighted by Gasteiger charge is -2.48. The number of amides is 1. The molecule has 1 aliphatic carbocycles. The highest BCUT2D eigenvalue weighted by Crippen LogP contribution is 2.37. The molecular weight excluding hydrogens is 296 g/mol. The third-order valence-electron chi connectivity index (χ3n) is 5.11. The number of carbonyl (C=O) groups excluding carboxylic acids is 1. The summed E-state index contributed by atoms with van der Waals surface area (Å²) in [5.41, 5.74) is 1.07. The molecule has 126 valence electrons. The van der Waals surface area contributed by atoms with Gasteiger partial charge in [-0.3, -0.25) is 4.79 Å². The molecule has 1 spiro atoms. The van der Waals surface area contributed by atoms with E-state index in [0.29, 0.717) is 26.3 Å². The molecule has 3 heterocycles. The largest absolute Gasteiger partial charge is 0.378 e. The summed E-state index contributed by atoms with van der Waals surface area (Å²) < 4.78 is 11.8. The number of hydrogen-bond acceptors (Lipinski definition) is 5. The molecule has 2 unspecified atom stereocenters. The molecule has 0 saturated carbocycles. The average Bonchev–Trinajstić information content (AvgIpc) is 3.13. The lowest BCUT2D eigenvalue weighted by atomic mass is 9.87. The number of aryl methyl sites for hydroxylation is 1. The zero-order valence-corrected chi connectivity index (χ0v) is 13.8. The van der Waals surface area contributed by atoms with E-state index in [1.54, 1.807) is 0 Å². The van der Waals surface area contributed by atoms with Gasteiger partial charge in [0.05, 0.1) is 36.1 Å². The fraction of sp³-hybridized carbons (Fsp3) is 0.812. The van der Waals surface area contributed by atoms with Gasteiger partial charge in [-0.1, -0.05) is 0 Å². The molecule has 7 heteroatoms. The van der Waals surface area contributed by atoms with Crippen LogP contribution in [0.5, 0.6) is 0 Å². The molecule has 1 amide bonds. The van der Waals surface area contributed by atoms with E-state index in [4.69, 9.17) is 9.47 Å². The van der Waals surface area contributed by atoms with Crippen LogP contribution in [0.15, 0.2) is 0 Å². The summed E-state index contributed by atoms with van der Waals surface area (Å²) in [4.78, 5) is 15.2. The van der Waals surface area contributed by atoms with Crippen molar-refractivity contribution in [2.75, 3.05) is 26.3 Å². The fourth-order valence-electron chi connectivity index (χ4n) is 4.26. The van der Waals surface area contributed by atoms with Crippen LogP contribution < -0.4 is 0 Å². The number of nitrogens with one attached hydrogen (secondary N) is 1. The number of carbonyl (C=O) groups is 1. The molecule has 2 saturated heterocycles. The summed E-state index contributed by atoms with van der Waals surface area (Å²) in [6, 6.07) is 0. The van der Waals surface area contributed by atoms with Crippen LogP contribution >= 0.6 is 0 Å². The van der Waals surface area contributed by atoms with Gasteiger partial charge in [0.25, 0.3) is 0 Å². The molecule has 7 nitrogen and oxygen atoms in total. The maximum absolute atomic E-state index is 13.2. The molecule has 0 bridgehead atoms. The van der Waals surface area contributed by atoms with E-state index in [-0.39, 0.29) is 23.0 Å². The third kappa shape index (κ3) is 2.65. The summed E-state index contributed by atoms with van der Waals surface area (Å²) in [6.07, 6.45) is 3.58. The standard InChI is InChI=1S/C16H24N4O3/c1-15(2)8-20(9-16(23-15)6-7-22-10-16)14(21)11-4-3-5-12-13(11)18-19-17-12/h11H,3-10H2,1-2H3,(H,17,18,19). The van der Waals surface area contributed by atoms with Crippen LogP contribution in [-0.4, -0.2) is 63.7 Å². The number of rotatable bonds is 1. The number of ether oxygens (including phenoxy) is 2. The number of nitrogens with zero attached hydrogens (tertiary/aromatic N) is 3. The van der Waals surface area contributed by atoms with Crippen molar-refractivity contribution < 1.29 is 14.3 Å². The molecule has 2 atom stereocenters. The molecule has 2 fully saturated rings. The van der Waals surface area contributed by atoms with Gasteiger partial charge in [0.2, 0.25) is 5.91 Å². The van der Waals surface area contributed by atoms with Crippen molar-refractivity contribution in [1.82, 2.24) is 20.3 Å². The van der Waals surface area contributed by atoms with E-state index in [9.17, 15) is 4.79 Å². The Labute approximate surface area is 135 Å². The van der Waals surface area contributed by atoms with Gasteiger partial charge in [-0.25, -0.2) is 0 Å². The Balaban J connectivity index is 1.59. The molecule has 23 heavy (non-hydrogen) atoms. The Morgan fingerprint density at radius 1 is 1.35 bits per heavy atom. The van der Waals surface area contributed by atoms with Gasteiger partial charge >= 0.3 is 0 Å². The Kier molecular flexibility index (Phi) is 3.46. The van der Waals surface area contributed by atoms with Crippen LogP contribution in [0.2, 0.25) is 0 Å². The van der Waals surface area contributed by atoms with E-state index in [1.165, 1.54) is 0 Å². The highest BCUT2D eigenvalue weighted by atomic mass is 16.6. The second-order valence-corrected chi connectivity index (χ2v) is 7.64. The predicted octanol–water partition coefficient (Wildman–Crippen LogP) is 1.02. The van der Waals surface area contributed by atoms with E-state index in [2.05, 4.69) is 29.3 Å². The minimum atomic E-state index is -0.358. The van der Waals surface area contributed by atoms with Crippen LogP contribution in [0.3, 0.4) is 0 Å². The van der Waals surface area contributed by atoms with Crippen LogP contribution in [0, 0.1) is 0 Å². The van der Waals surface area contributed by atoms with Crippen molar-refractivity contribution in [1.29, 1.82) is 0 Å². The first-order chi connectivity index (χ1) is 11.0. The molecule has 0 radical (unpaired) electrons. The summed E-state index contributed by atoms with van der Waals surface area (Å²) in [7, 11) is 0. The molecule has 2 aliphatic heterocycles. The summed E-state index contributed by atoms with van der Waals surface area (Å²) in [5, 5.41) is 11.1. The van der Waals surface area contributed by atoms with Gasteiger partial charge in [-0.2, -0.15) is 15.4 Å². The number of hydrogen-bond donors (Lipinski definition) is 1. The van der Waals surface area contributed by atoms with E-state index < -0.39 is 0 Å². The summed E-state index contributed by atoms with van der Waals surface area (Å²) in [6.45, 7) is 6.59. The van der Waals surface area contributed by atoms with Crippen molar-refractivity contribution in [3.05, 3.63) is 11.4 Å². The minimum absolute atomic E-state index is 0.155. The fourth-order valence-corrected chi connectivity index (χ4v) is 4.26. The minimum Gasteiger partial charge on any atom is -0.378 e. The van der Waals surface area contributed by atoms with Gasteiger partial charge < -0.3 is 14.4 Å². The quantitative estimate of drug-likeness (QED) is 0.835. The van der Waals surface area contributed by atoms with Crippen LogP contribution in [-0.2, 0) is 20.7 Å². The monoisotopic (exact) mass is 320 g/mol. The first-order valence-electron chi connectivity index (χ1n) is 8.44. The van der Waals surface area contributed by atoms with E-state index in [1.807, 2.05) is 4.90 Å². The Bertz CT molecular complexity index is 606. The first-order valence-corrected chi connectivity index (χ1v) is 8.44. The zero-order valence-electron chi connectivity index (χ0n) is 13.8. The van der Waals surface area contributed by atoms with Crippen molar-refractivity contribution in [3.63, 3.8) is 0 Å². The molecule has 3 aliphatic rings. The number of H-pyrrole nitrogens is 1. The predicted molar refractivity (Wildman–Crippen MR) is 82.0 cm³/mol. The first kappa shape index (κ1) is 15.1. The van der Waals surface area contributed by atoms with Crippen molar-refractivity contribution >= 4 is 5.91 Å². The second-order valence-electron chi connectivity index (χ2n) is 7.64. The smallest absolute Gasteiger partial charge is 0.232 e. The number of fused-ring (bicyclic) bond motifs is 1. The lowest BCUT2D eigenvalue weighted by molar-refractivity contribution is -0.200. The van der Waals surface area contributed by atoms with Gasteiger partial charge in [-0.05, 0) is 33.1 Å². The second kappa shape index (κ2) is 5.27. The molecule has 1 aromatic rings. The average molecular weight is 320 g/mol. The summed E-state index contributed by atoms with van der Waals surface area (Å²) >= 11 is 0. The summed E-state index contributed by atoms with van der Waals surface area (Å²) in [5.74, 6) is -0.0201. The number of morpholine rings is 1. The molecule has 1 N–H and O–H groups in total. The number of aromatic nitrogens is 3. The van der Waals surface area contributed by atoms with Gasteiger partial charge in [0, 0.05) is 19.6 Å². The Hall–Kier alpha value is -1.47. The molecule has 4 rings (SSSR count). The molecule has 0 aromatic carbocycles. The molecular formula is C16H24N4O3. The van der Waals surface area contributed by atoms with Crippen LogP contribution in [0.1, 0.15) is 50.4 Å². The Morgan fingerprint density at radius 3 is 3.00 bits per heavy atom. The Morgan fingerprint density at radius 2 is 2.22 bits per heavy atom. The van der Waals surface area contributed by atoms with Crippen LogP contribution in [0.4, 0.5) is 0 Å². The maximum atomic E-state index is 13.2. The topological polar surface area (TPSA) is 80.3 Å². The lowest BCUT2D eigenvalue weighted by Crippen LogP contribution is -2.62. The highest BCUT2D eigenvalue weighted by Gasteiger charge is 2.49.